The Bertz CT molecular complexity index is 1260. The van der Waals surface area contributed by atoms with Crippen LogP contribution in [0.3, 0.4) is 0 Å². The molecular formula is C25H24ClN5O3. The molecule has 1 atom stereocenters. The highest BCUT2D eigenvalue weighted by Gasteiger charge is 2.19. The molecule has 0 fully saturated rings. The van der Waals surface area contributed by atoms with Gasteiger partial charge >= 0.3 is 0 Å². The molecule has 9 heteroatoms. The quantitative estimate of drug-likeness (QED) is 0.448. The number of rotatable bonds is 8. The Balaban J connectivity index is 1.58. The lowest BCUT2D eigenvalue weighted by Gasteiger charge is -2.15. The van der Waals surface area contributed by atoms with Crippen LogP contribution in [0.5, 0.6) is 5.75 Å². The fourth-order valence-electron chi connectivity index (χ4n) is 3.23. The fourth-order valence-corrected chi connectivity index (χ4v) is 3.46. The van der Waals surface area contributed by atoms with Gasteiger partial charge in [0.05, 0.1) is 16.4 Å². The van der Waals surface area contributed by atoms with Gasteiger partial charge in [-0.2, -0.15) is 10.4 Å². The minimum Gasteiger partial charge on any atom is -0.479 e. The maximum absolute atomic E-state index is 12.7. The van der Waals surface area contributed by atoms with Crippen LogP contribution in [-0.2, 0) is 9.59 Å². The number of nitriles is 1. The van der Waals surface area contributed by atoms with Gasteiger partial charge in [0.1, 0.15) is 17.9 Å². The molecule has 1 heterocycles. The minimum atomic E-state index is -0.513. The summed E-state index contributed by atoms with van der Waals surface area (Å²) in [5.41, 5.74) is 3.45. The van der Waals surface area contributed by atoms with E-state index in [9.17, 15) is 9.59 Å². The summed E-state index contributed by atoms with van der Waals surface area (Å²) in [4.78, 5) is 24.9. The molecule has 1 aromatic heterocycles. The average Bonchev–Trinajstić information content (AvgIpc) is 3.15. The van der Waals surface area contributed by atoms with E-state index in [0.29, 0.717) is 22.1 Å². The van der Waals surface area contributed by atoms with Crippen LogP contribution in [0.1, 0.15) is 29.9 Å². The summed E-state index contributed by atoms with van der Waals surface area (Å²) in [5.74, 6) is -0.0121. The standard InChI is InChI=1S/C25H24ClN5O3/c1-16-14-17(2)31(30-16)18(3)25(33)29-23-10-7-20(15-22(23)26)28-24(32)11-6-19-4-8-21(9-5-19)34-13-12-27/h4-11,14-15,18H,13H2,1-3H3,(H,28,32)(H,29,33)/b11-6+. The Morgan fingerprint density at radius 2 is 1.91 bits per heavy atom. The minimum absolute atomic E-state index is 0.0225. The number of aromatic nitrogens is 2. The van der Waals surface area contributed by atoms with E-state index < -0.39 is 6.04 Å². The van der Waals surface area contributed by atoms with Gasteiger partial charge in [0.25, 0.3) is 0 Å². The van der Waals surface area contributed by atoms with E-state index in [4.69, 9.17) is 21.6 Å². The Morgan fingerprint density at radius 3 is 2.53 bits per heavy atom. The first-order chi connectivity index (χ1) is 16.3. The van der Waals surface area contributed by atoms with E-state index in [0.717, 1.165) is 17.0 Å². The number of nitrogens with one attached hydrogen (secondary N) is 2. The number of amides is 2. The average molecular weight is 478 g/mol. The van der Waals surface area contributed by atoms with E-state index in [1.54, 1.807) is 60.1 Å². The SMILES string of the molecule is Cc1cc(C)n(C(C)C(=O)Nc2ccc(NC(=O)/C=C/c3ccc(OCC#N)cc3)cc2Cl)n1. The highest BCUT2D eigenvalue weighted by atomic mass is 35.5. The number of nitrogens with zero attached hydrogens (tertiary/aromatic N) is 3. The first kappa shape index (κ1) is 24.6. The Labute approximate surface area is 202 Å². The molecule has 0 radical (unpaired) electrons. The monoisotopic (exact) mass is 477 g/mol. The lowest BCUT2D eigenvalue weighted by Crippen LogP contribution is -2.25. The molecule has 34 heavy (non-hydrogen) atoms. The zero-order valence-electron chi connectivity index (χ0n) is 19.0. The maximum Gasteiger partial charge on any atom is 0.248 e. The topological polar surface area (TPSA) is 109 Å². The molecule has 0 spiro atoms. The number of aryl methyl sites for hydroxylation is 2. The second-order valence-corrected chi connectivity index (χ2v) is 7.98. The number of carbonyl (C=O) groups is 2. The number of ether oxygens (including phenoxy) is 1. The van der Waals surface area contributed by atoms with Crippen LogP contribution in [0, 0.1) is 25.2 Å². The Kier molecular flexibility index (Phi) is 8.06. The molecule has 0 bridgehead atoms. The third-order valence-electron chi connectivity index (χ3n) is 4.90. The molecule has 0 saturated carbocycles. The number of hydrogen-bond acceptors (Lipinski definition) is 5. The molecule has 1 unspecified atom stereocenters. The molecular weight excluding hydrogens is 454 g/mol. The number of benzene rings is 2. The highest BCUT2D eigenvalue weighted by Crippen LogP contribution is 2.26. The first-order valence-electron chi connectivity index (χ1n) is 10.5. The lowest BCUT2D eigenvalue weighted by atomic mass is 10.2. The van der Waals surface area contributed by atoms with Crippen LogP contribution in [0.4, 0.5) is 11.4 Å². The van der Waals surface area contributed by atoms with Crippen LogP contribution in [-0.4, -0.2) is 28.2 Å². The predicted octanol–water partition coefficient (Wildman–Crippen LogP) is 4.91. The summed E-state index contributed by atoms with van der Waals surface area (Å²) in [6, 6.07) is 15.1. The van der Waals surface area contributed by atoms with Crippen molar-refractivity contribution in [1.82, 2.24) is 9.78 Å². The molecule has 8 nitrogen and oxygen atoms in total. The van der Waals surface area contributed by atoms with Gasteiger partial charge in [0.2, 0.25) is 11.8 Å². The zero-order chi connectivity index (χ0) is 24.7. The van der Waals surface area contributed by atoms with Crippen molar-refractivity contribution in [3.05, 3.63) is 76.6 Å². The van der Waals surface area contributed by atoms with E-state index in [1.165, 1.54) is 6.08 Å². The van der Waals surface area contributed by atoms with Gasteiger partial charge in [0.15, 0.2) is 6.61 Å². The molecule has 2 aromatic carbocycles. The van der Waals surface area contributed by atoms with Crippen molar-refractivity contribution in [2.75, 3.05) is 17.2 Å². The normalized spacial score (nSPS) is 11.6. The number of halogens is 1. The van der Waals surface area contributed by atoms with E-state index >= 15 is 0 Å². The van der Waals surface area contributed by atoms with Crippen molar-refractivity contribution >= 4 is 40.9 Å². The van der Waals surface area contributed by atoms with E-state index in [-0.39, 0.29) is 18.4 Å². The van der Waals surface area contributed by atoms with Gasteiger partial charge < -0.3 is 15.4 Å². The largest absolute Gasteiger partial charge is 0.479 e. The number of anilines is 2. The molecule has 0 aliphatic rings. The predicted molar refractivity (Wildman–Crippen MR) is 132 cm³/mol. The fraction of sp³-hybridized carbons (Fsp3) is 0.200. The van der Waals surface area contributed by atoms with Crippen LogP contribution >= 0.6 is 11.6 Å². The first-order valence-corrected chi connectivity index (χ1v) is 10.9. The second-order valence-electron chi connectivity index (χ2n) is 7.57. The molecule has 174 valence electrons. The highest BCUT2D eigenvalue weighted by molar-refractivity contribution is 6.34. The van der Waals surface area contributed by atoms with Crippen LogP contribution in [0.25, 0.3) is 6.08 Å². The summed E-state index contributed by atoms with van der Waals surface area (Å²) < 4.78 is 6.85. The Hall–Kier alpha value is -4.09. The number of hydrogen-bond donors (Lipinski definition) is 2. The maximum atomic E-state index is 12.7. The van der Waals surface area contributed by atoms with Crippen molar-refractivity contribution < 1.29 is 14.3 Å². The van der Waals surface area contributed by atoms with Crippen LogP contribution < -0.4 is 15.4 Å². The van der Waals surface area contributed by atoms with Gasteiger partial charge in [-0.3, -0.25) is 14.3 Å². The zero-order valence-corrected chi connectivity index (χ0v) is 19.8. The second kappa shape index (κ2) is 11.2. The van der Waals surface area contributed by atoms with Crippen LogP contribution in [0.15, 0.2) is 54.6 Å². The van der Waals surface area contributed by atoms with E-state index in [1.807, 2.05) is 26.0 Å². The summed E-state index contributed by atoms with van der Waals surface area (Å²) in [6.45, 7) is 5.50. The third-order valence-corrected chi connectivity index (χ3v) is 5.21. The van der Waals surface area contributed by atoms with Crippen LogP contribution in [0.2, 0.25) is 5.02 Å². The van der Waals surface area contributed by atoms with Crippen molar-refractivity contribution in [3.8, 4) is 11.8 Å². The smallest absolute Gasteiger partial charge is 0.248 e. The molecule has 3 aromatic rings. The Morgan fingerprint density at radius 1 is 1.18 bits per heavy atom. The molecule has 2 amide bonds. The molecule has 0 aliphatic carbocycles. The van der Waals surface area contributed by atoms with Gasteiger partial charge in [-0.1, -0.05) is 23.7 Å². The van der Waals surface area contributed by atoms with Crippen molar-refractivity contribution in [2.24, 2.45) is 0 Å². The van der Waals surface area contributed by atoms with Crippen molar-refractivity contribution in [2.45, 2.75) is 26.8 Å². The molecule has 0 aliphatic heterocycles. The summed E-state index contributed by atoms with van der Waals surface area (Å²) >= 11 is 6.33. The van der Waals surface area contributed by atoms with Gasteiger partial charge in [-0.15, -0.1) is 0 Å². The molecule has 3 rings (SSSR count). The molecule has 2 N–H and O–H groups in total. The van der Waals surface area contributed by atoms with Gasteiger partial charge in [-0.05, 0) is 68.8 Å². The lowest BCUT2D eigenvalue weighted by molar-refractivity contribution is -0.119. The third kappa shape index (κ3) is 6.47. The molecule has 0 saturated heterocycles. The summed E-state index contributed by atoms with van der Waals surface area (Å²) in [5, 5.41) is 18.7. The van der Waals surface area contributed by atoms with Gasteiger partial charge in [-0.25, -0.2) is 0 Å². The van der Waals surface area contributed by atoms with E-state index in [2.05, 4.69) is 15.7 Å². The van der Waals surface area contributed by atoms with Crippen molar-refractivity contribution in [1.29, 1.82) is 5.26 Å². The number of carbonyl (C=O) groups excluding carboxylic acids is 2. The van der Waals surface area contributed by atoms with Gasteiger partial charge in [0, 0.05) is 17.5 Å². The van der Waals surface area contributed by atoms with Crippen molar-refractivity contribution in [3.63, 3.8) is 0 Å². The summed E-state index contributed by atoms with van der Waals surface area (Å²) in [6.07, 6.45) is 3.05. The summed E-state index contributed by atoms with van der Waals surface area (Å²) in [7, 11) is 0.